The van der Waals surface area contributed by atoms with Crippen LogP contribution < -0.4 is 10.9 Å². The van der Waals surface area contributed by atoms with Crippen LogP contribution in [-0.4, -0.2) is 74.2 Å². The number of hydrogen-bond acceptors (Lipinski definition) is 10. The van der Waals surface area contributed by atoms with E-state index in [0.717, 1.165) is 0 Å². The monoisotopic (exact) mass is 565 g/mol. The van der Waals surface area contributed by atoms with Gasteiger partial charge in [-0.1, -0.05) is 20.8 Å². The smallest absolute Gasteiger partial charge is 0.280 e. The van der Waals surface area contributed by atoms with Gasteiger partial charge in [0.25, 0.3) is 14.1 Å². The van der Waals surface area contributed by atoms with E-state index in [1.54, 1.807) is 25.5 Å². The number of nitrogens with zero attached hydrogens (tertiary/aromatic N) is 5. The quantitative estimate of drug-likeness (QED) is 0.271. The van der Waals surface area contributed by atoms with Crippen molar-refractivity contribution in [3.05, 3.63) is 16.7 Å². The summed E-state index contributed by atoms with van der Waals surface area (Å²) in [6.07, 6.45) is 0.185. The summed E-state index contributed by atoms with van der Waals surface area (Å²) in [6.45, 7) is 14.0. The molecule has 2 aromatic heterocycles. The molecule has 1 saturated heterocycles. The average molecular weight is 566 g/mol. The van der Waals surface area contributed by atoms with Gasteiger partial charge in [-0.15, -0.1) is 0 Å². The van der Waals surface area contributed by atoms with Gasteiger partial charge in [0.05, 0.1) is 31.5 Å². The Bertz CT molecular complexity index is 1200. The second-order valence-electron chi connectivity index (χ2n) is 10.2. The van der Waals surface area contributed by atoms with Crippen molar-refractivity contribution in [3.63, 3.8) is 0 Å². The van der Waals surface area contributed by atoms with Crippen LogP contribution in [0.5, 0.6) is 0 Å². The fourth-order valence-electron chi connectivity index (χ4n) is 4.47. The third-order valence-corrected chi connectivity index (χ3v) is 8.43. The summed E-state index contributed by atoms with van der Waals surface area (Å²) in [5, 5.41) is 11.7. The number of amides is 1. The lowest BCUT2D eigenvalue weighted by Crippen LogP contribution is -2.39. The topological polar surface area (TPSA) is 157 Å². The summed E-state index contributed by atoms with van der Waals surface area (Å²) < 4.78 is 28.9. The van der Waals surface area contributed by atoms with E-state index in [9.17, 15) is 9.59 Å². The number of methoxy groups -OCH3 is 1. The molecule has 0 spiro atoms. The van der Waals surface area contributed by atoms with Crippen molar-refractivity contribution in [1.82, 2.24) is 24.2 Å². The maximum Gasteiger partial charge on any atom is 0.280 e. The summed E-state index contributed by atoms with van der Waals surface area (Å²) in [5.74, 6) is -0.546. The fraction of sp³-hybridized carbons (Fsp3) is 0.720. The first-order valence-electron chi connectivity index (χ1n) is 13.2. The van der Waals surface area contributed by atoms with Crippen molar-refractivity contribution < 1.29 is 23.3 Å². The lowest BCUT2D eigenvalue weighted by Gasteiger charge is -2.38. The molecule has 3 rings (SSSR count). The number of carbonyl (C=O) groups is 1. The third-order valence-electron chi connectivity index (χ3n) is 6.31. The molecule has 5 atom stereocenters. The van der Waals surface area contributed by atoms with E-state index in [4.69, 9.17) is 23.8 Å². The predicted molar refractivity (Wildman–Crippen MR) is 147 cm³/mol. The molecule has 1 aliphatic rings. The first-order valence-corrected chi connectivity index (χ1v) is 14.4. The number of nitriles is 1. The second-order valence-corrected chi connectivity index (χ2v) is 11.6. The van der Waals surface area contributed by atoms with E-state index >= 15 is 0 Å². The van der Waals surface area contributed by atoms with Crippen LogP contribution >= 0.6 is 8.53 Å². The van der Waals surface area contributed by atoms with E-state index in [1.165, 1.54) is 6.33 Å². The van der Waals surface area contributed by atoms with Gasteiger partial charge >= 0.3 is 0 Å². The van der Waals surface area contributed by atoms with Crippen molar-refractivity contribution in [2.45, 2.75) is 97.9 Å². The Morgan fingerprint density at radius 1 is 1.28 bits per heavy atom. The first kappa shape index (κ1) is 31.1. The van der Waals surface area contributed by atoms with Crippen LogP contribution in [0.2, 0.25) is 0 Å². The molecule has 2 N–H and O–H groups in total. The molecule has 0 aromatic carbocycles. The summed E-state index contributed by atoms with van der Waals surface area (Å²) in [6, 6.07) is 2.37. The molecule has 2 aromatic rings. The molecule has 1 aliphatic heterocycles. The van der Waals surface area contributed by atoms with Crippen LogP contribution in [0.4, 0.5) is 5.95 Å². The SMILES string of the molecule is CCC1OC(n2cnc3c(=O)[nH]c(NC(=O)C(C)C)nc32)C(OC)C1OP(OCCC#N)N(C(C)C)C(C)C. The van der Waals surface area contributed by atoms with Crippen LogP contribution in [0.25, 0.3) is 11.2 Å². The number of aromatic nitrogens is 4. The Kier molecular flexibility index (Phi) is 11.0. The van der Waals surface area contributed by atoms with Crippen molar-refractivity contribution in [2.24, 2.45) is 5.92 Å². The number of fused-ring (bicyclic) bond motifs is 1. The lowest BCUT2D eigenvalue weighted by molar-refractivity contribution is -0.118. The number of imidazole rings is 1. The second kappa shape index (κ2) is 13.7. The van der Waals surface area contributed by atoms with E-state index in [-0.39, 0.29) is 60.2 Å². The minimum atomic E-state index is -1.55. The molecule has 3 heterocycles. The molecule has 14 heteroatoms. The van der Waals surface area contributed by atoms with Crippen LogP contribution in [-0.2, 0) is 23.3 Å². The standard InChI is InChI=1S/C25H40N7O6P/c1-9-17-19(38-39(36-12-10-11-26)32(15(4)5)16(6)7)20(35-8)24(37-17)31-13-27-18-21(31)28-25(30-23(18)34)29-22(33)14(2)3/h13-17,19-20,24H,9-10,12H2,1-8H3,(H2,28,29,30,33,34). The van der Waals surface area contributed by atoms with Crippen molar-refractivity contribution in [2.75, 3.05) is 19.0 Å². The number of H-pyrrole nitrogens is 1. The number of hydrogen-bond donors (Lipinski definition) is 2. The largest absolute Gasteiger partial charge is 0.374 e. The van der Waals surface area contributed by atoms with E-state index in [2.05, 4.69) is 58.7 Å². The Balaban J connectivity index is 1.98. The van der Waals surface area contributed by atoms with Crippen LogP contribution in [0.3, 0.4) is 0 Å². The highest BCUT2D eigenvalue weighted by atomic mass is 31.2. The third kappa shape index (κ3) is 7.01. The summed E-state index contributed by atoms with van der Waals surface area (Å²) >= 11 is 0. The van der Waals surface area contributed by atoms with Crippen molar-refractivity contribution in [3.8, 4) is 6.07 Å². The molecule has 1 fully saturated rings. The average Bonchev–Trinajstić information content (AvgIpc) is 3.44. The van der Waals surface area contributed by atoms with Crippen LogP contribution in [0.1, 0.15) is 67.5 Å². The predicted octanol–water partition coefficient (Wildman–Crippen LogP) is 3.70. The Morgan fingerprint density at radius 3 is 2.54 bits per heavy atom. The van der Waals surface area contributed by atoms with Gasteiger partial charge in [0.2, 0.25) is 11.9 Å². The Hall–Kier alpha value is -2.46. The van der Waals surface area contributed by atoms with Gasteiger partial charge in [-0.2, -0.15) is 10.2 Å². The summed E-state index contributed by atoms with van der Waals surface area (Å²) in [4.78, 5) is 36.2. The molecular weight excluding hydrogens is 525 g/mol. The zero-order valence-corrected chi connectivity index (χ0v) is 24.8. The number of anilines is 1. The van der Waals surface area contributed by atoms with Gasteiger partial charge in [-0.05, 0) is 34.1 Å². The van der Waals surface area contributed by atoms with E-state index in [1.807, 2.05) is 6.92 Å². The van der Waals surface area contributed by atoms with E-state index in [0.29, 0.717) is 6.42 Å². The summed E-state index contributed by atoms with van der Waals surface area (Å²) in [7, 11) is 0.0252. The van der Waals surface area contributed by atoms with Gasteiger partial charge in [0.1, 0.15) is 12.2 Å². The van der Waals surface area contributed by atoms with Gasteiger partial charge < -0.3 is 18.5 Å². The highest BCUT2D eigenvalue weighted by Gasteiger charge is 2.49. The molecule has 5 unspecified atom stereocenters. The lowest BCUT2D eigenvalue weighted by atomic mass is 10.1. The van der Waals surface area contributed by atoms with Gasteiger partial charge in [-0.25, -0.2) is 9.65 Å². The normalized spacial score (nSPS) is 22.3. The maximum atomic E-state index is 12.7. The number of ether oxygens (including phenoxy) is 2. The van der Waals surface area contributed by atoms with Gasteiger partial charge in [0.15, 0.2) is 17.4 Å². The van der Waals surface area contributed by atoms with Gasteiger partial charge in [0, 0.05) is 25.1 Å². The Morgan fingerprint density at radius 2 is 1.97 bits per heavy atom. The molecule has 216 valence electrons. The molecule has 0 aliphatic carbocycles. The molecule has 0 saturated carbocycles. The van der Waals surface area contributed by atoms with Crippen molar-refractivity contribution >= 4 is 31.5 Å². The fourth-order valence-corrected chi connectivity index (χ4v) is 6.24. The first-order chi connectivity index (χ1) is 18.5. The molecule has 0 bridgehead atoms. The minimum Gasteiger partial charge on any atom is -0.374 e. The number of aromatic amines is 1. The molecule has 0 radical (unpaired) electrons. The summed E-state index contributed by atoms with van der Waals surface area (Å²) in [5.41, 5.74) is -0.122. The van der Waals surface area contributed by atoms with E-state index < -0.39 is 32.5 Å². The highest BCUT2D eigenvalue weighted by molar-refractivity contribution is 7.44. The highest BCUT2D eigenvalue weighted by Crippen LogP contribution is 2.50. The number of carbonyl (C=O) groups excluding carboxylic acids is 1. The Labute approximate surface area is 230 Å². The zero-order valence-electron chi connectivity index (χ0n) is 23.9. The zero-order chi connectivity index (χ0) is 28.9. The number of rotatable bonds is 13. The van der Waals surface area contributed by atoms with Gasteiger partial charge in [-0.3, -0.25) is 24.5 Å². The number of nitrogens with one attached hydrogen (secondary N) is 2. The molecule has 1 amide bonds. The molecule has 39 heavy (non-hydrogen) atoms. The maximum absolute atomic E-state index is 12.7. The van der Waals surface area contributed by atoms with Crippen LogP contribution in [0.15, 0.2) is 11.1 Å². The van der Waals surface area contributed by atoms with Crippen LogP contribution in [0, 0.1) is 17.2 Å². The van der Waals surface area contributed by atoms with Crippen molar-refractivity contribution in [1.29, 1.82) is 5.26 Å². The minimum absolute atomic E-state index is 0.0266. The molecule has 13 nitrogen and oxygen atoms in total. The molecular formula is C25H40N7O6P.